The molecule has 3 rings (SSSR count). The van der Waals surface area contributed by atoms with Gasteiger partial charge in [-0.3, -0.25) is 4.79 Å². The molecular weight excluding hydrogens is 318 g/mol. The Bertz CT molecular complexity index is 788. The molecule has 0 radical (unpaired) electrons. The van der Waals surface area contributed by atoms with Crippen LogP contribution in [0.25, 0.3) is 0 Å². The second kappa shape index (κ2) is 8.05. The van der Waals surface area contributed by atoms with Gasteiger partial charge in [0, 0.05) is 12.3 Å². The third-order valence-electron chi connectivity index (χ3n) is 3.61. The van der Waals surface area contributed by atoms with Gasteiger partial charge in [-0.15, -0.1) is 0 Å². The lowest BCUT2D eigenvalue weighted by Crippen LogP contribution is -2.32. The van der Waals surface area contributed by atoms with E-state index in [2.05, 4.69) is 20.5 Å². The Hall–Kier alpha value is -3.22. The molecule has 0 aliphatic rings. The standard InChI is InChI=1S/C18H19N5O2/c1-2-25-17-9-8-15(12-19-17)18(24)22-16(13-23-20-10-11-21-23)14-6-4-3-5-7-14/h3-12,16H,2,13H2,1H3,(H,22,24)/t16-/m1/s1. The van der Waals surface area contributed by atoms with Crippen molar-refractivity contribution in [1.29, 1.82) is 0 Å². The zero-order valence-corrected chi connectivity index (χ0v) is 13.9. The number of nitrogens with one attached hydrogen (secondary N) is 1. The molecule has 0 aliphatic heterocycles. The minimum Gasteiger partial charge on any atom is -0.478 e. The van der Waals surface area contributed by atoms with Gasteiger partial charge in [0.1, 0.15) is 0 Å². The molecule has 0 unspecified atom stereocenters. The Morgan fingerprint density at radius 2 is 1.92 bits per heavy atom. The molecule has 7 heteroatoms. The van der Waals surface area contributed by atoms with Crippen LogP contribution in [0.1, 0.15) is 28.9 Å². The van der Waals surface area contributed by atoms with E-state index in [1.807, 2.05) is 37.3 Å². The van der Waals surface area contributed by atoms with Crippen LogP contribution >= 0.6 is 0 Å². The minimum absolute atomic E-state index is 0.212. The number of benzene rings is 1. The van der Waals surface area contributed by atoms with Crippen LogP contribution in [0.4, 0.5) is 0 Å². The summed E-state index contributed by atoms with van der Waals surface area (Å²) < 4.78 is 5.30. The maximum absolute atomic E-state index is 12.6. The highest BCUT2D eigenvalue weighted by molar-refractivity contribution is 5.94. The van der Waals surface area contributed by atoms with Crippen LogP contribution in [0.2, 0.25) is 0 Å². The van der Waals surface area contributed by atoms with Crippen LogP contribution in [-0.4, -0.2) is 32.5 Å². The fourth-order valence-electron chi connectivity index (χ4n) is 2.41. The Balaban J connectivity index is 1.76. The van der Waals surface area contributed by atoms with Crippen molar-refractivity contribution in [2.24, 2.45) is 0 Å². The van der Waals surface area contributed by atoms with E-state index in [0.29, 0.717) is 24.6 Å². The summed E-state index contributed by atoms with van der Waals surface area (Å²) in [4.78, 5) is 18.3. The van der Waals surface area contributed by atoms with E-state index in [0.717, 1.165) is 5.56 Å². The molecule has 3 aromatic rings. The molecule has 1 N–H and O–H groups in total. The number of pyridine rings is 1. The Labute approximate surface area is 145 Å². The summed E-state index contributed by atoms with van der Waals surface area (Å²) in [5, 5.41) is 11.3. The van der Waals surface area contributed by atoms with E-state index in [9.17, 15) is 4.79 Å². The fourth-order valence-corrected chi connectivity index (χ4v) is 2.41. The molecule has 1 aromatic carbocycles. The molecule has 0 spiro atoms. The highest BCUT2D eigenvalue weighted by Gasteiger charge is 2.17. The molecule has 0 fully saturated rings. The van der Waals surface area contributed by atoms with Crippen molar-refractivity contribution >= 4 is 5.91 Å². The van der Waals surface area contributed by atoms with E-state index >= 15 is 0 Å². The van der Waals surface area contributed by atoms with Crippen molar-refractivity contribution in [1.82, 2.24) is 25.3 Å². The second-order valence-electron chi connectivity index (χ2n) is 5.34. The summed E-state index contributed by atoms with van der Waals surface area (Å²) in [5.74, 6) is 0.288. The summed E-state index contributed by atoms with van der Waals surface area (Å²) in [6.07, 6.45) is 4.73. The van der Waals surface area contributed by atoms with Crippen molar-refractivity contribution in [3.05, 3.63) is 72.2 Å². The van der Waals surface area contributed by atoms with Gasteiger partial charge < -0.3 is 10.1 Å². The van der Waals surface area contributed by atoms with E-state index < -0.39 is 0 Å². The molecule has 25 heavy (non-hydrogen) atoms. The van der Waals surface area contributed by atoms with E-state index in [1.54, 1.807) is 29.3 Å². The summed E-state index contributed by atoms with van der Waals surface area (Å²) in [6.45, 7) is 2.86. The zero-order chi connectivity index (χ0) is 17.5. The monoisotopic (exact) mass is 337 g/mol. The molecule has 1 amide bonds. The molecule has 0 aliphatic carbocycles. The number of amides is 1. The zero-order valence-electron chi connectivity index (χ0n) is 13.9. The largest absolute Gasteiger partial charge is 0.478 e. The Morgan fingerprint density at radius 3 is 2.56 bits per heavy atom. The molecular formula is C18H19N5O2. The molecule has 1 atom stereocenters. The minimum atomic E-state index is -0.257. The first-order chi connectivity index (χ1) is 12.3. The van der Waals surface area contributed by atoms with Crippen molar-refractivity contribution in [3.8, 4) is 5.88 Å². The van der Waals surface area contributed by atoms with Gasteiger partial charge in [-0.2, -0.15) is 15.0 Å². The summed E-state index contributed by atoms with van der Waals surface area (Å²) in [5.41, 5.74) is 1.45. The van der Waals surface area contributed by atoms with E-state index in [-0.39, 0.29) is 11.9 Å². The van der Waals surface area contributed by atoms with Gasteiger partial charge >= 0.3 is 0 Å². The van der Waals surface area contributed by atoms with E-state index in [4.69, 9.17) is 4.74 Å². The Morgan fingerprint density at radius 1 is 1.16 bits per heavy atom. The number of carbonyl (C=O) groups excluding carboxylic acids is 1. The molecule has 2 aromatic heterocycles. The maximum Gasteiger partial charge on any atom is 0.253 e. The van der Waals surface area contributed by atoms with Gasteiger partial charge in [0.05, 0.1) is 37.2 Å². The van der Waals surface area contributed by atoms with Crippen LogP contribution < -0.4 is 10.1 Å². The fraction of sp³-hybridized carbons (Fsp3) is 0.222. The highest BCUT2D eigenvalue weighted by atomic mass is 16.5. The third kappa shape index (κ3) is 4.41. The molecule has 7 nitrogen and oxygen atoms in total. The van der Waals surface area contributed by atoms with Gasteiger partial charge in [0.2, 0.25) is 5.88 Å². The first-order valence-electron chi connectivity index (χ1n) is 8.05. The number of nitrogens with zero attached hydrogens (tertiary/aromatic N) is 4. The van der Waals surface area contributed by atoms with Gasteiger partial charge in [0.15, 0.2) is 0 Å². The molecule has 0 saturated carbocycles. The van der Waals surface area contributed by atoms with Crippen molar-refractivity contribution in [2.75, 3.05) is 6.61 Å². The molecule has 0 bridgehead atoms. The number of aromatic nitrogens is 4. The van der Waals surface area contributed by atoms with Crippen molar-refractivity contribution < 1.29 is 9.53 Å². The lowest BCUT2D eigenvalue weighted by molar-refractivity contribution is 0.0930. The van der Waals surface area contributed by atoms with Gasteiger partial charge in [-0.25, -0.2) is 4.98 Å². The smallest absolute Gasteiger partial charge is 0.253 e. The van der Waals surface area contributed by atoms with Gasteiger partial charge in [-0.05, 0) is 18.6 Å². The normalized spacial score (nSPS) is 11.7. The number of rotatable bonds is 7. The van der Waals surface area contributed by atoms with Crippen LogP contribution in [0.5, 0.6) is 5.88 Å². The average Bonchev–Trinajstić information content (AvgIpc) is 3.16. The Kier molecular flexibility index (Phi) is 5.36. The molecule has 0 saturated heterocycles. The van der Waals surface area contributed by atoms with Crippen LogP contribution in [-0.2, 0) is 6.54 Å². The number of ether oxygens (including phenoxy) is 1. The summed E-state index contributed by atoms with van der Waals surface area (Å²) >= 11 is 0. The second-order valence-corrected chi connectivity index (χ2v) is 5.34. The van der Waals surface area contributed by atoms with Crippen LogP contribution in [0, 0.1) is 0 Å². The number of hydrogen-bond acceptors (Lipinski definition) is 5. The molecule has 2 heterocycles. The topological polar surface area (TPSA) is 81.9 Å². The quantitative estimate of drug-likeness (QED) is 0.715. The maximum atomic E-state index is 12.6. The lowest BCUT2D eigenvalue weighted by Gasteiger charge is -2.18. The SMILES string of the molecule is CCOc1ccc(C(=O)N[C@H](Cn2nccn2)c2ccccc2)cn1. The number of carbonyl (C=O) groups is 1. The van der Waals surface area contributed by atoms with E-state index in [1.165, 1.54) is 6.20 Å². The highest BCUT2D eigenvalue weighted by Crippen LogP contribution is 2.16. The predicted molar refractivity (Wildman–Crippen MR) is 92.1 cm³/mol. The lowest BCUT2D eigenvalue weighted by atomic mass is 10.1. The first-order valence-corrected chi connectivity index (χ1v) is 8.05. The predicted octanol–water partition coefficient (Wildman–Crippen LogP) is 2.24. The number of hydrogen-bond donors (Lipinski definition) is 1. The van der Waals surface area contributed by atoms with Crippen molar-refractivity contribution in [3.63, 3.8) is 0 Å². The summed E-state index contributed by atoms with van der Waals surface area (Å²) in [7, 11) is 0. The first kappa shape index (κ1) is 16.6. The van der Waals surface area contributed by atoms with Crippen LogP contribution in [0.15, 0.2) is 61.1 Å². The average molecular weight is 337 g/mol. The van der Waals surface area contributed by atoms with Gasteiger partial charge in [-0.1, -0.05) is 30.3 Å². The van der Waals surface area contributed by atoms with Crippen molar-refractivity contribution in [2.45, 2.75) is 19.5 Å². The molecule has 128 valence electrons. The summed E-state index contributed by atoms with van der Waals surface area (Å²) in [6, 6.07) is 12.9. The van der Waals surface area contributed by atoms with Crippen LogP contribution in [0.3, 0.4) is 0 Å². The van der Waals surface area contributed by atoms with Gasteiger partial charge in [0.25, 0.3) is 5.91 Å². The third-order valence-corrected chi connectivity index (χ3v) is 3.61.